The Kier molecular flexibility index (Phi) is 6.01. The Labute approximate surface area is 171 Å². The molecule has 0 unspecified atom stereocenters. The van der Waals surface area contributed by atoms with E-state index in [0.717, 1.165) is 10.4 Å². The smallest absolute Gasteiger partial charge is 0.232 e. The van der Waals surface area contributed by atoms with Gasteiger partial charge in [-0.2, -0.15) is 0 Å². The van der Waals surface area contributed by atoms with Crippen LogP contribution < -0.4 is 10.1 Å². The maximum Gasteiger partial charge on any atom is 0.232 e. The number of carbonyl (C=O) groups excluding carboxylic acids is 1. The fraction of sp³-hybridized carbons (Fsp3) is 0.150. The zero-order chi connectivity index (χ0) is 18.1. The van der Waals surface area contributed by atoms with Crippen LogP contribution in [-0.2, 0) is 13.1 Å². The average molecular weight is 420 g/mol. The molecule has 0 bridgehead atoms. The highest BCUT2D eigenvalue weighted by Gasteiger charge is 2.33. The molecule has 4 nitrogen and oxygen atoms in total. The highest BCUT2D eigenvalue weighted by molar-refractivity contribution is 7.10. The van der Waals surface area contributed by atoms with Gasteiger partial charge in [-0.25, -0.2) is 0 Å². The summed E-state index contributed by atoms with van der Waals surface area (Å²) in [5, 5.41) is 17.7. The molecule has 0 aliphatic carbocycles. The molecular weight excluding hydrogens is 402 g/mol. The van der Waals surface area contributed by atoms with Crippen molar-refractivity contribution >= 4 is 46.9 Å². The Bertz CT molecular complexity index is 979. The molecule has 1 aliphatic heterocycles. The van der Waals surface area contributed by atoms with Gasteiger partial charge in [-0.05, 0) is 41.4 Å². The number of halogens is 1. The van der Waals surface area contributed by atoms with Gasteiger partial charge in [0.15, 0.2) is 5.76 Å². The number of allylic oxidation sites excluding steroid dienone is 1. The molecule has 140 valence electrons. The minimum absolute atomic E-state index is 0. The number of hydrogen-bond donors (Lipinski definition) is 2. The number of hydrogen-bond acceptors (Lipinski definition) is 6. The van der Waals surface area contributed by atoms with Crippen LogP contribution in [0.5, 0.6) is 11.5 Å². The van der Waals surface area contributed by atoms with E-state index in [2.05, 4.69) is 11.4 Å². The second-order valence-electron chi connectivity index (χ2n) is 6.03. The van der Waals surface area contributed by atoms with Crippen molar-refractivity contribution in [2.45, 2.75) is 20.0 Å². The SMILES string of the molecule is Cc1cc(O)c(CNCc2cccs2)c2c1C(=O)/C(=C/c1cccs1)O2.Cl. The van der Waals surface area contributed by atoms with Crippen LogP contribution >= 0.6 is 35.1 Å². The third-order valence-corrected chi connectivity index (χ3v) is 5.91. The Hall–Kier alpha value is -2.12. The topological polar surface area (TPSA) is 58.6 Å². The first-order chi connectivity index (χ1) is 12.6. The zero-order valence-corrected chi connectivity index (χ0v) is 17.0. The van der Waals surface area contributed by atoms with Gasteiger partial charge in [0.25, 0.3) is 0 Å². The van der Waals surface area contributed by atoms with Crippen LogP contribution in [-0.4, -0.2) is 10.9 Å². The number of phenolic OH excluding ortho intramolecular Hbond substituents is 1. The minimum Gasteiger partial charge on any atom is -0.507 e. The molecule has 3 heterocycles. The minimum atomic E-state index is -0.134. The molecule has 0 spiro atoms. The van der Waals surface area contributed by atoms with E-state index in [1.165, 1.54) is 4.88 Å². The molecule has 0 amide bonds. The predicted molar refractivity (Wildman–Crippen MR) is 112 cm³/mol. The number of ketones is 1. The van der Waals surface area contributed by atoms with Crippen LogP contribution in [0.15, 0.2) is 46.9 Å². The van der Waals surface area contributed by atoms with E-state index in [1.807, 2.05) is 35.9 Å². The summed E-state index contributed by atoms with van der Waals surface area (Å²) in [7, 11) is 0. The van der Waals surface area contributed by atoms with Gasteiger partial charge >= 0.3 is 0 Å². The highest BCUT2D eigenvalue weighted by Crippen LogP contribution is 2.41. The lowest BCUT2D eigenvalue weighted by atomic mass is 9.99. The summed E-state index contributed by atoms with van der Waals surface area (Å²) in [5.41, 5.74) is 1.88. The van der Waals surface area contributed by atoms with E-state index >= 15 is 0 Å². The molecule has 0 saturated carbocycles. The van der Waals surface area contributed by atoms with Crippen LogP contribution in [0, 0.1) is 6.92 Å². The Morgan fingerprint density at radius 1 is 1.19 bits per heavy atom. The molecule has 2 aromatic heterocycles. The molecule has 27 heavy (non-hydrogen) atoms. The quantitative estimate of drug-likeness (QED) is 0.561. The number of rotatable bonds is 5. The molecule has 3 aromatic rings. The van der Waals surface area contributed by atoms with E-state index in [1.54, 1.807) is 34.8 Å². The number of thiophene rings is 2. The van der Waals surface area contributed by atoms with Crippen molar-refractivity contribution in [1.82, 2.24) is 5.32 Å². The van der Waals surface area contributed by atoms with Crippen molar-refractivity contribution in [3.63, 3.8) is 0 Å². The van der Waals surface area contributed by atoms with Gasteiger partial charge in [-0.1, -0.05) is 12.1 Å². The maximum absolute atomic E-state index is 12.8. The van der Waals surface area contributed by atoms with Crippen molar-refractivity contribution in [3.8, 4) is 11.5 Å². The van der Waals surface area contributed by atoms with Crippen LogP contribution in [0.1, 0.15) is 31.2 Å². The van der Waals surface area contributed by atoms with Gasteiger partial charge < -0.3 is 15.2 Å². The molecule has 1 aliphatic rings. The summed E-state index contributed by atoms with van der Waals surface area (Å²) in [5.74, 6) is 0.778. The number of carbonyl (C=O) groups is 1. The fourth-order valence-electron chi connectivity index (χ4n) is 2.98. The molecule has 0 fully saturated rings. The average Bonchev–Trinajstić information content (AvgIpc) is 3.34. The second kappa shape index (κ2) is 8.27. The van der Waals surface area contributed by atoms with Crippen molar-refractivity contribution in [3.05, 3.63) is 73.3 Å². The summed E-state index contributed by atoms with van der Waals surface area (Å²) in [6.45, 7) is 2.94. The van der Waals surface area contributed by atoms with E-state index in [-0.39, 0.29) is 23.9 Å². The van der Waals surface area contributed by atoms with Crippen molar-refractivity contribution in [1.29, 1.82) is 0 Å². The molecular formula is C20H18ClNO3S2. The number of aromatic hydroxyl groups is 1. The van der Waals surface area contributed by atoms with Crippen molar-refractivity contribution in [2.75, 3.05) is 0 Å². The van der Waals surface area contributed by atoms with Crippen molar-refractivity contribution in [2.24, 2.45) is 0 Å². The molecule has 0 atom stereocenters. The number of phenols is 1. The summed E-state index contributed by atoms with van der Waals surface area (Å²) in [6.07, 6.45) is 1.76. The van der Waals surface area contributed by atoms with E-state index in [4.69, 9.17) is 4.74 Å². The molecule has 2 N–H and O–H groups in total. The molecule has 4 rings (SSSR count). The number of aryl methyl sites for hydroxylation is 1. The van der Waals surface area contributed by atoms with E-state index in [9.17, 15) is 9.90 Å². The lowest BCUT2D eigenvalue weighted by Crippen LogP contribution is -2.12. The molecule has 0 saturated heterocycles. The van der Waals surface area contributed by atoms with E-state index < -0.39 is 0 Å². The lowest BCUT2D eigenvalue weighted by Gasteiger charge is -2.12. The van der Waals surface area contributed by atoms with Crippen molar-refractivity contribution < 1.29 is 14.6 Å². The Morgan fingerprint density at radius 2 is 1.96 bits per heavy atom. The zero-order valence-electron chi connectivity index (χ0n) is 14.5. The lowest BCUT2D eigenvalue weighted by molar-refractivity contribution is 0.101. The number of benzene rings is 1. The van der Waals surface area contributed by atoms with Crippen LogP contribution in [0.25, 0.3) is 6.08 Å². The van der Waals surface area contributed by atoms with Crippen LogP contribution in [0.3, 0.4) is 0 Å². The summed E-state index contributed by atoms with van der Waals surface area (Å²) in [4.78, 5) is 14.9. The first-order valence-corrected chi connectivity index (χ1v) is 9.95. The summed E-state index contributed by atoms with van der Waals surface area (Å²) >= 11 is 3.22. The Balaban J connectivity index is 0.00000210. The van der Waals surface area contributed by atoms with Crippen LogP contribution in [0.4, 0.5) is 0 Å². The van der Waals surface area contributed by atoms with Gasteiger partial charge in [0, 0.05) is 28.9 Å². The first kappa shape index (κ1) is 19.6. The number of ether oxygens (including phenoxy) is 1. The summed E-state index contributed by atoms with van der Waals surface area (Å²) < 4.78 is 5.89. The standard InChI is InChI=1S/C20H17NO3S2.ClH/c1-12-8-16(22)15(11-21-10-14-5-3-7-26-14)20-18(12)19(23)17(24-20)9-13-4-2-6-25-13;/h2-9,21-22H,10-11H2,1H3;1H/b17-9-;. The number of Topliss-reactive ketones (excluding diaryl/α,β-unsaturated/α-hetero) is 1. The predicted octanol–water partition coefficient (Wildman–Crippen LogP) is 5.15. The third kappa shape index (κ3) is 3.94. The van der Waals surface area contributed by atoms with Gasteiger partial charge in [0.1, 0.15) is 11.5 Å². The van der Waals surface area contributed by atoms with Gasteiger partial charge in [-0.3, -0.25) is 4.79 Å². The fourth-order valence-corrected chi connectivity index (χ4v) is 4.30. The number of fused-ring (bicyclic) bond motifs is 1. The molecule has 1 aromatic carbocycles. The Morgan fingerprint density at radius 3 is 2.67 bits per heavy atom. The molecule has 0 radical (unpaired) electrons. The molecule has 7 heteroatoms. The van der Waals surface area contributed by atoms with Crippen LogP contribution in [0.2, 0.25) is 0 Å². The normalized spacial score (nSPS) is 14.1. The van der Waals surface area contributed by atoms with Gasteiger partial charge in [0.2, 0.25) is 5.78 Å². The largest absolute Gasteiger partial charge is 0.507 e. The monoisotopic (exact) mass is 419 g/mol. The highest BCUT2D eigenvalue weighted by atomic mass is 35.5. The number of nitrogens with one attached hydrogen (secondary N) is 1. The summed E-state index contributed by atoms with van der Waals surface area (Å²) in [6, 6.07) is 9.56. The third-order valence-electron chi connectivity index (χ3n) is 4.22. The second-order valence-corrected chi connectivity index (χ2v) is 8.04. The maximum atomic E-state index is 12.8. The van der Waals surface area contributed by atoms with Gasteiger partial charge in [0.05, 0.1) is 11.1 Å². The van der Waals surface area contributed by atoms with Gasteiger partial charge in [-0.15, -0.1) is 35.1 Å². The van der Waals surface area contributed by atoms with E-state index in [0.29, 0.717) is 35.7 Å². The first-order valence-electron chi connectivity index (χ1n) is 8.20.